The topological polar surface area (TPSA) is 110 Å². The van der Waals surface area contributed by atoms with Gasteiger partial charge < -0.3 is 5.32 Å². The van der Waals surface area contributed by atoms with Crippen LogP contribution in [-0.4, -0.2) is 42.6 Å². The Morgan fingerprint density at radius 2 is 1.81 bits per heavy atom. The van der Waals surface area contributed by atoms with Crippen molar-refractivity contribution in [2.45, 2.75) is 24.8 Å². The van der Waals surface area contributed by atoms with Crippen molar-refractivity contribution in [2.24, 2.45) is 5.14 Å². The summed E-state index contributed by atoms with van der Waals surface area (Å²) in [5, 5.41) is 12.3. The number of benzene rings is 2. The summed E-state index contributed by atoms with van der Waals surface area (Å²) in [6.45, 7) is 3.80. The van der Waals surface area contributed by atoms with Gasteiger partial charge in [-0.1, -0.05) is 12.1 Å². The van der Waals surface area contributed by atoms with Gasteiger partial charge in [-0.05, 0) is 62.9 Å². The van der Waals surface area contributed by atoms with Crippen molar-refractivity contribution >= 4 is 21.7 Å². The van der Waals surface area contributed by atoms with E-state index < -0.39 is 10.0 Å². The molecule has 3 aromatic rings. The molecule has 3 rings (SSSR count). The molecule has 0 bridgehead atoms. The molecule has 0 saturated carbocycles. The van der Waals surface area contributed by atoms with Gasteiger partial charge >= 0.3 is 0 Å². The zero-order valence-electron chi connectivity index (χ0n) is 17.4. The van der Waals surface area contributed by atoms with Gasteiger partial charge in [0.15, 0.2) is 0 Å². The number of nitrogens with zero attached hydrogens (tertiary/aromatic N) is 3. The van der Waals surface area contributed by atoms with Gasteiger partial charge in [0, 0.05) is 12.1 Å². The Morgan fingerprint density at radius 1 is 1.19 bits per heavy atom. The second kappa shape index (κ2) is 8.96. The lowest BCUT2D eigenvalue weighted by Crippen LogP contribution is -2.32. The normalized spacial score (nSPS) is 12.7. The fourth-order valence-corrected chi connectivity index (χ4v) is 3.62. The van der Waals surface area contributed by atoms with Crippen LogP contribution in [0.15, 0.2) is 59.5 Å². The number of aromatic nitrogens is 2. The first kappa shape index (κ1) is 22.6. The monoisotopic (exact) mass is 445 g/mol. The fraction of sp³-hybridized carbons (Fsp3) is 0.238. The van der Waals surface area contributed by atoms with Gasteiger partial charge in [-0.2, -0.15) is 5.10 Å². The first-order valence-electron chi connectivity index (χ1n) is 9.50. The molecule has 1 unspecified atom stereocenters. The third-order valence-electron chi connectivity index (χ3n) is 4.92. The number of rotatable bonds is 7. The Bertz CT molecular complexity index is 1170. The number of carbonyl (C=O) groups is 1. The lowest BCUT2D eigenvalue weighted by Gasteiger charge is -2.24. The van der Waals surface area contributed by atoms with E-state index in [1.807, 2.05) is 11.8 Å². The molecular weight excluding hydrogens is 421 g/mol. The molecule has 0 saturated heterocycles. The van der Waals surface area contributed by atoms with Gasteiger partial charge in [-0.25, -0.2) is 22.6 Å². The number of hydrogen-bond donors (Lipinski definition) is 2. The number of nitrogens with one attached hydrogen (secondary N) is 1. The molecule has 1 aromatic heterocycles. The molecule has 31 heavy (non-hydrogen) atoms. The van der Waals surface area contributed by atoms with E-state index in [-0.39, 0.29) is 29.2 Å². The van der Waals surface area contributed by atoms with Crippen LogP contribution in [0, 0.1) is 12.7 Å². The average Bonchev–Trinajstić information content (AvgIpc) is 3.07. The lowest BCUT2D eigenvalue weighted by atomic mass is 10.1. The molecular formula is C21H24FN5O3S. The second-order valence-corrected chi connectivity index (χ2v) is 8.87. The van der Waals surface area contributed by atoms with Crippen molar-refractivity contribution in [2.75, 3.05) is 18.9 Å². The SMILES string of the molecule is Cc1cc(NC(=O)CN(C)C(C)c2ccc(S(N)(=O)=O)cc2)n(-c2ccc(F)cc2)n1. The number of carbonyl (C=O) groups excluding carboxylic acids is 1. The van der Waals surface area contributed by atoms with Gasteiger partial charge in [0.2, 0.25) is 15.9 Å². The van der Waals surface area contributed by atoms with Crippen LogP contribution in [0.5, 0.6) is 0 Å². The number of amides is 1. The van der Waals surface area contributed by atoms with E-state index in [9.17, 15) is 17.6 Å². The number of aryl methyl sites for hydroxylation is 1. The summed E-state index contributed by atoms with van der Waals surface area (Å²) < 4.78 is 37.6. The third-order valence-corrected chi connectivity index (χ3v) is 5.84. The minimum atomic E-state index is -3.75. The highest BCUT2D eigenvalue weighted by Gasteiger charge is 2.18. The zero-order chi connectivity index (χ0) is 22.8. The van der Waals surface area contributed by atoms with Gasteiger partial charge in [0.25, 0.3) is 0 Å². The molecule has 0 aliphatic rings. The molecule has 1 heterocycles. The Kier molecular flexibility index (Phi) is 6.54. The van der Waals surface area contributed by atoms with Crippen LogP contribution >= 0.6 is 0 Å². The molecule has 2 aromatic carbocycles. The van der Waals surface area contributed by atoms with Gasteiger partial charge in [-0.3, -0.25) is 9.69 Å². The maximum Gasteiger partial charge on any atom is 0.239 e. The van der Waals surface area contributed by atoms with Crippen LogP contribution in [0.2, 0.25) is 0 Å². The number of halogens is 1. The number of anilines is 1. The smallest absolute Gasteiger partial charge is 0.239 e. The van der Waals surface area contributed by atoms with Crippen molar-refractivity contribution in [3.05, 3.63) is 71.7 Å². The lowest BCUT2D eigenvalue weighted by molar-refractivity contribution is -0.117. The number of likely N-dealkylation sites (N-methyl/N-ethyl adjacent to an activating group) is 1. The summed E-state index contributed by atoms with van der Waals surface area (Å²) in [4.78, 5) is 14.5. The molecule has 0 aliphatic heterocycles. The van der Waals surface area contributed by atoms with Gasteiger partial charge in [0.05, 0.1) is 22.8 Å². The summed E-state index contributed by atoms with van der Waals surface area (Å²) >= 11 is 0. The Hall–Kier alpha value is -3.08. The van der Waals surface area contributed by atoms with E-state index in [4.69, 9.17) is 5.14 Å². The molecule has 0 radical (unpaired) electrons. The first-order valence-corrected chi connectivity index (χ1v) is 11.0. The highest BCUT2D eigenvalue weighted by molar-refractivity contribution is 7.89. The molecule has 8 nitrogen and oxygen atoms in total. The van der Waals surface area contributed by atoms with Crippen molar-refractivity contribution in [3.8, 4) is 5.69 Å². The van der Waals surface area contributed by atoms with Crippen LogP contribution in [0.1, 0.15) is 24.2 Å². The van der Waals surface area contributed by atoms with Gasteiger partial charge in [-0.15, -0.1) is 0 Å². The van der Waals surface area contributed by atoms with E-state index >= 15 is 0 Å². The van der Waals surface area contributed by atoms with Gasteiger partial charge in [0.1, 0.15) is 11.6 Å². The van der Waals surface area contributed by atoms with Crippen molar-refractivity contribution < 1.29 is 17.6 Å². The molecule has 1 atom stereocenters. The first-order chi connectivity index (χ1) is 14.5. The van der Waals surface area contributed by atoms with Crippen LogP contribution in [0.4, 0.5) is 10.2 Å². The molecule has 10 heteroatoms. The van der Waals surface area contributed by atoms with Crippen molar-refractivity contribution in [3.63, 3.8) is 0 Å². The number of hydrogen-bond acceptors (Lipinski definition) is 5. The molecule has 0 aliphatic carbocycles. The zero-order valence-corrected chi connectivity index (χ0v) is 18.2. The standard InChI is InChI=1S/C21H24FN5O3S/c1-14-12-20(27(25-14)18-8-6-17(22)7-9-18)24-21(28)13-26(3)15(2)16-4-10-19(11-5-16)31(23,29)30/h4-12,15H,13H2,1-3H3,(H,24,28)(H2,23,29,30). The Morgan fingerprint density at radius 3 is 2.39 bits per heavy atom. The maximum atomic E-state index is 13.2. The van der Waals surface area contributed by atoms with Crippen LogP contribution in [-0.2, 0) is 14.8 Å². The minimum Gasteiger partial charge on any atom is -0.309 e. The quantitative estimate of drug-likeness (QED) is 0.581. The van der Waals surface area contributed by atoms with Crippen LogP contribution in [0.3, 0.4) is 0 Å². The average molecular weight is 446 g/mol. The van der Waals surface area contributed by atoms with Crippen LogP contribution < -0.4 is 10.5 Å². The minimum absolute atomic E-state index is 0.0354. The van der Waals surface area contributed by atoms with Crippen molar-refractivity contribution in [1.82, 2.24) is 14.7 Å². The summed E-state index contributed by atoms with van der Waals surface area (Å²) in [6, 6.07) is 13.6. The van der Waals surface area contributed by atoms with Crippen LogP contribution in [0.25, 0.3) is 5.69 Å². The highest BCUT2D eigenvalue weighted by atomic mass is 32.2. The predicted molar refractivity (Wildman–Crippen MR) is 116 cm³/mol. The highest BCUT2D eigenvalue weighted by Crippen LogP contribution is 2.21. The molecule has 164 valence electrons. The fourth-order valence-electron chi connectivity index (χ4n) is 3.10. The molecule has 3 N–H and O–H groups in total. The largest absolute Gasteiger partial charge is 0.309 e. The van der Waals surface area contributed by atoms with E-state index in [0.717, 1.165) is 5.56 Å². The van der Waals surface area contributed by atoms with Crippen molar-refractivity contribution in [1.29, 1.82) is 0 Å². The number of primary sulfonamides is 1. The van der Waals surface area contributed by atoms with E-state index in [0.29, 0.717) is 17.2 Å². The van der Waals surface area contributed by atoms with E-state index in [1.54, 1.807) is 49.0 Å². The van der Waals surface area contributed by atoms with E-state index in [2.05, 4.69) is 10.4 Å². The second-order valence-electron chi connectivity index (χ2n) is 7.31. The summed E-state index contributed by atoms with van der Waals surface area (Å²) in [5.41, 5.74) is 2.17. The molecule has 0 spiro atoms. The summed E-state index contributed by atoms with van der Waals surface area (Å²) in [6.07, 6.45) is 0. The summed E-state index contributed by atoms with van der Waals surface area (Å²) in [5.74, 6) is -0.127. The Labute approximate surface area is 180 Å². The van der Waals surface area contributed by atoms with E-state index in [1.165, 1.54) is 24.3 Å². The summed E-state index contributed by atoms with van der Waals surface area (Å²) in [7, 11) is -1.96. The maximum absolute atomic E-state index is 13.2. The number of sulfonamides is 1. The molecule has 1 amide bonds. The third kappa shape index (κ3) is 5.54. The molecule has 0 fully saturated rings. The Balaban J connectivity index is 1.69. The number of nitrogens with two attached hydrogens (primary N) is 1. The predicted octanol–water partition coefficient (Wildman–Crippen LogP) is 2.60.